The van der Waals surface area contributed by atoms with Gasteiger partial charge in [0.25, 0.3) is 0 Å². The molecule has 5 rings (SSSR count). The molecule has 29 heavy (non-hydrogen) atoms. The third-order valence-corrected chi connectivity index (χ3v) is 6.53. The summed E-state index contributed by atoms with van der Waals surface area (Å²) >= 11 is 1.69. The summed E-state index contributed by atoms with van der Waals surface area (Å²) in [5.74, 6) is 0.960. The van der Waals surface area contributed by atoms with E-state index in [1.165, 1.54) is 4.88 Å². The molecule has 0 aliphatic heterocycles. The van der Waals surface area contributed by atoms with E-state index in [2.05, 4.69) is 28.6 Å². The molecule has 1 aliphatic rings. The van der Waals surface area contributed by atoms with Crippen molar-refractivity contribution < 1.29 is 9.53 Å². The molecule has 0 unspecified atom stereocenters. The molecule has 1 atom stereocenters. The van der Waals surface area contributed by atoms with Gasteiger partial charge in [-0.05, 0) is 23.9 Å². The van der Waals surface area contributed by atoms with Crippen molar-refractivity contribution in [1.29, 1.82) is 0 Å². The number of Topliss-reactive ketones (excluding diaryl/α,β-unsaturated/α-hetero) is 1. The van der Waals surface area contributed by atoms with Crippen LogP contribution in [0.5, 0.6) is 5.75 Å². The summed E-state index contributed by atoms with van der Waals surface area (Å²) < 4.78 is 7.41. The molecule has 3 aromatic heterocycles. The number of ketones is 1. The Labute approximate surface area is 172 Å². The highest BCUT2D eigenvalue weighted by Gasteiger charge is 2.32. The maximum atomic E-state index is 12.8. The smallest absolute Gasteiger partial charge is 0.185 e. The topological polar surface area (TPSA) is 69.4 Å². The number of methoxy groups -OCH3 is 1. The van der Waals surface area contributed by atoms with Crippen molar-refractivity contribution in [3.63, 3.8) is 0 Å². The van der Waals surface area contributed by atoms with Gasteiger partial charge in [0.2, 0.25) is 0 Å². The number of benzene rings is 1. The van der Waals surface area contributed by atoms with Gasteiger partial charge in [-0.3, -0.25) is 4.79 Å². The molecular weight excluding hydrogens is 384 g/mol. The van der Waals surface area contributed by atoms with Crippen LogP contribution in [-0.4, -0.2) is 32.7 Å². The predicted molar refractivity (Wildman–Crippen MR) is 112 cm³/mol. The Hall–Kier alpha value is -3.06. The van der Waals surface area contributed by atoms with Crippen LogP contribution in [0.15, 0.2) is 41.8 Å². The molecule has 1 aromatic carbocycles. The van der Waals surface area contributed by atoms with E-state index in [0.717, 1.165) is 41.1 Å². The SMILES string of the molecule is CCc1nn2c3c(nnc2c1-c1ccccc1OC)C(=O)C[C@H](c1cccs1)C3. The van der Waals surface area contributed by atoms with Gasteiger partial charge in [-0.1, -0.05) is 31.2 Å². The fraction of sp³-hybridized carbons (Fsp3) is 0.273. The minimum Gasteiger partial charge on any atom is -0.496 e. The van der Waals surface area contributed by atoms with Crippen LogP contribution in [0.2, 0.25) is 0 Å². The Morgan fingerprint density at radius 3 is 2.79 bits per heavy atom. The first-order chi connectivity index (χ1) is 14.2. The summed E-state index contributed by atoms with van der Waals surface area (Å²) in [5.41, 5.74) is 4.74. The first-order valence-electron chi connectivity index (χ1n) is 9.68. The quantitative estimate of drug-likeness (QED) is 0.506. The molecule has 0 spiro atoms. The zero-order valence-corrected chi connectivity index (χ0v) is 17.1. The van der Waals surface area contributed by atoms with Gasteiger partial charge < -0.3 is 4.74 Å². The minimum absolute atomic E-state index is 0.0337. The van der Waals surface area contributed by atoms with Crippen LogP contribution in [0.25, 0.3) is 16.8 Å². The van der Waals surface area contributed by atoms with Gasteiger partial charge in [0, 0.05) is 29.2 Å². The van der Waals surface area contributed by atoms with E-state index >= 15 is 0 Å². The van der Waals surface area contributed by atoms with E-state index in [4.69, 9.17) is 9.84 Å². The van der Waals surface area contributed by atoms with E-state index in [-0.39, 0.29) is 11.7 Å². The van der Waals surface area contributed by atoms with Gasteiger partial charge in [0.15, 0.2) is 17.1 Å². The number of ether oxygens (including phenoxy) is 1. The molecule has 0 saturated carbocycles. The second kappa shape index (κ2) is 7.08. The van der Waals surface area contributed by atoms with E-state index < -0.39 is 0 Å². The van der Waals surface area contributed by atoms with Gasteiger partial charge in [0.05, 0.1) is 24.1 Å². The Balaban J connectivity index is 1.73. The normalized spacial score (nSPS) is 16.2. The Morgan fingerprint density at radius 2 is 2.03 bits per heavy atom. The fourth-order valence-electron chi connectivity index (χ4n) is 4.11. The van der Waals surface area contributed by atoms with Crippen LogP contribution >= 0.6 is 11.3 Å². The molecule has 0 radical (unpaired) electrons. The van der Waals surface area contributed by atoms with E-state index in [9.17, 15) is 4.79 Å². The molecule has 3 heterocycles. The molecule has 0 amide bonds. The Bertz CT molecular complexity index is 1210. The number of carbonyl (C=O) groups excluding carboxylic acids is 1. The lowest BCUT2D eigenvalue weighted by atomic mass is 9.87. The number of rotatable bonds is 4. The van der Waals surface area contributed by atoms with Crippen molar-refractivity contribution in [2.75, 3.05) is 7.11 Å². The van der Waals surface area contributed by atoms with Crippen LogP contribution < -0.4 is 4.74 Å². The molecular formula is C22H20N4O2S. The monoisotopic (exact) mass is 404 g/mol. The second-order valence-electron chi connectivity index (χ2n) is 7.15. The number of nitrogens with zero attached hydrogens (tertiary/aromatic N) is 4. The minimum atomic E-state index is 0.0337. The Morgan fingerprint density at radius 1 is 1.17 bits per heavy atom. The van der Waals surface area contributed by atoms with Crippen molar-refractivity contribution in [3.8, 4) is 16.9 Å². The summed E-state index contributed by atoms with van der Waals surface area (Å²) in [6.45, 7) is 2.07. The molecule has 4 aromatic rings. The number of fused-ring (bicyclic) bond motifs is 3. The van der Waals surface area contributed by atoms with Crippen molar-refractivity contribution in [3.05, 3.63) is 63.7 Å². The second-order valence-corrected chi connectivity index (χ2v) is 8.13. The first-order valence-corrected chi connectivity index (χ1v) is 10.6. The van der Waals surface area contributed by atoms with Crippen LogP contribution in [-0.2, 0) is 12.8 Å². The maximum absolute atomic E-state index is 12.8. The predicted octanol–water partition coefficient (Wildman–Crippen LogP) is 4.34. The number of hydrogen-bond donors (Lipinski definition) is 0. The van der Waals surface area contributed by atoms with Crippen molar-refractivity contribution in [2.24, 2.45) is 0 Å². The van der Waals surface area contributed by atoms with Gasteiger partial charge in [-0.25, -0.2) is 4.52 Å². The maximum Gasteiger partial charge on any atom is 0.185 e. The molecule has 0 saturated heterocycles. The van der Waals surface area contributed by atoms with Gasteiger partial charge >= 0.3 is 0 Å². The summed E-state index contributed by atoms with van der Waals surface area (Å²) in [4.78, 5) is 14.0. The molecule has 6 nitrogen and oxygen atoms in total. The highest BCUT2D eigenvalue weighted by Crippen LogP contribution is 2.38. The number of aryl methyl sites for hydroxylation is 1. The molecule has 0 bridgehead atoms. The van der Waals surface area contributed by atoms with Crippen LogP contribution in [0.3, 0.4) is 0 Å². The summed E-state index contributed by atoms with van der Waals surface area (Å²) in [5, 5.41) is 15.7. The molecule has 0 N–H and O–H groups in total. The number of hydrogen-bond acceptors (Lipinski definition) is 6. The summed E-state index contributed by atoms with van der Waals surface area (Å²) in [6, 6.07) is 12.0. The summed E-state index contributed by atoms with van der Waals surface area (Å²) in [6.07, 6.45) is 1.94. The lowest BCUT2D eigenvalue weighted by Gasteiger charge is -2.21. The van der Waals surface area contributed by atoms with E-state index in [1.54, 1.807) is 18.4 Å². The van der Waals surface area contributed by atoms with Gasteiger partial charge in [-0.15, -0.1) is 21.5 Å². The highest BCUT2D eigenvalue weighted by atomic mass is 32.1. The lowest BCUT2D eigenvalue weighted by molar-refractivity contribution is 0.0956. The average Bonchev–Trinajstić information content (AvgIpc) is 3.41. The zero-order chi connectivity index (χ0) is 20.0. The standard InChI is InChI=1S/C22H20N4O2S/c1-3-15-20(14-7-4-5-8-18(14)28-2)22-24-23-21-16(26(22)25-15)11-13(12-17(21)27)19-9-6-10-29-19/h4-10,13H,3,11-12H2,1-2H3/t13-/m1/s1. The third kappa shape index (κ3) is 2.84. The zero-order valence-electron chi connectivity index (χ0n) is 16.3. The van der Waals surface area contributed by atoms with Crippen molar-refractivity contribution in [1.82, 2.24) is 19.8 Å². The van der Waals surface area contributed by atoms with Crippen molar-refractivity contribution >= 4 is 22.8 Å². The third-order valence-electron chi connectivity index (χ3n) is 5.50. The molecule has 146 valence electrons. The number of aromatic nitrogens is 4. The van der Waals surface area contributed by atoms with Crippen molar-refractivity contribution in [2.45, 2.75) is 32.1 Å². The van der Waals surface area contributed by atoms with Crippen LogP contribution in [0.4, 0.5) is 0 Å². The van der Waals surface area contributed by atoms with Crippen LogP contribution in [0.1, 0.15) is 46.0 Å². The largest absolute Gasteiger partial charge is 0.496 e. The van der Waals surface area contributed by atoms with Gasteiger partial charge in [0.1, 0.15) is 5.75 Å². The van der Waals surface area contributed by atoms with E-state index in [0.29, 0.717) is 17.8 Å². The van der Waals surface area contributed by atoms with Crippen LogP contribution in [0, 0.1) is 0 Å². The number of thiophene rings is 1. The highest BCUT2D eigenvalue weighted by molar-refractivity contribution is 7.10. The Kier molecular flexibility index (Phi) is 4.39. The lowest BCUT2D eigenvalue weighted by Crippen LogP contribution is -2.23. The number of carbonyl (C=O) groups is 1. The van der Waals surface area contributed by atoms with E-state index in [1.807, 2.05) is 34.8 Å². The average molecular weight is 404 g/mol. The fourth-order valence-corrected chi connectivity index (χ4v) is 4.94. The number of para-hydroxylation sites is 1. The molecule has 1 aliphatic carbocycles. The first kappa shape index (κ1) is 18.0. The van der Waals surface area contributed by atoms with Gasteiger partial charge in [-0.2, -0.15) is 5.10 Å². The molecule has 7 heteroatoms. The molecule has 0 fully saturated rings. The summed E-state index contributed by atoms with van der Waals surface area (Å²) in [7, 11) is 1.66.